The molecule has 0 amide bonds. The third kappa shape index (κ3) is 4.05. The lowest BCUT2D eigenvalue weighted by Gasteiger charge is -2.31. The van der Waals surface area contributed by atoms with Gasteiger partial charge in [-0.05, 0) is 29.4 Å². The Labute approximate surface area is 122 Å². The molecule has 1 aromatic carbocycles. The van der Waals surface area contributed by atoms with Gasteiger partial charge in [-0.25, -0.2) is 0 Å². The fourth-order valence-electron chi connectivity index (χ4n) is 2.66. The van der Waals surface area contributed by atoms with Gasteiger partial charge in [0.1, 0.15) is 0 Å². The van der Waals surface area contributed by atoms with E-state index in [0.29, 0.717) is 6.54 Å². The zero-order valence-corrected chi connectivity index (χ0v) is 12.8. The number of β-amino-alcohol motifs (C(OH)–C–C–N with tert-alkyl or cyclic N) is 1. The maximum atomic E-state index is 10.3. The molecule has 0 aliphatic carbocycles. The van der Waals surface area contributed by atoms with Gasteiger partial charge in [-0.15, -0.1) is 0 Å². The van der Waals surface area contributed by atoms with Gasteiger partial charge in [0.25, 0.3) is 0 Å². The molecule has 1 aromatic rings. The van der Waals surface area contributed by atoms with Crippen LogP contribution < -0.4 is 0 Å². The average Bonchev–Trinajstić information content (AvgIpc) is 2.40. The Kier molecular flexibility index (Phi) is 4.84. The van der Waals surface area contributed by atoms with E-state index in [9.17, 15) is 10.2 Å². The third-order valence-electron chi connectivity index (χ3n) is 4.15. The molecule has 1 atom stereocenters. The van der Waals surface area contributed by atoms with Crippen molar-refractivity contribution in [3.63, 3.8) is 0 Å². The van der Waals surface area contributed by atoms with Gasteiger partial charge in [-0.2, -0.15) is 0 Å². The summed E-state index contributed by atoms with van der Waals surface area (Å²) >= 11 is 0. The highest BCUT2D eigenvalue weighted by molar-refractivity contribution is 5.28. The first-order valence-electron chi connectivity index (χ1n) is 7.55. The maximum absolute atomic E-state index is 10.3. The number of aliphatic hydroxyl groups excluding tert-OH is 2. The highest BCUT2D eigenvalue weighted by Gasteiger charge is 2.20. The van der Waals surface area contributed by atoms with Crippen LogP contribution in [0.4, 0.5) is 0 Å². The molecule has 2 N–H and O–H groups in total. The van der Waals surface area contributed by atoms with Crippen molar-refractivity contribution in [1.82, 2.24) is 4.90 Å². The van der Waals surface area contributed by atoms with Crippen LogP contribution in [0.2, 0.25) is 0 Å². The number of hydrogen-bond donors (Lipinski definition) is 2. The van der Waals surface area contributed by atoms with E-state index in [1.54, 1.807) is 0 Å². The number of aliphatic hydroxyl groups is 2. The molecule has 0 bridgehead atoms. The van der Waals surface area contributed by atoms with Gasteiger partial charge in [0, 0.05) is 19.6 Å². The summed E-state index contributed by atoms with van der Waals surface area (Å²) in [6, 6.07) is 8.28. The van der Waals surface area contributed by atoms with Crippen LogP contribution in [0, 0.1) is 0 Å². The molecule has 0 spiro atoms. The van der Waals surface area contributed by atoms with E-state index in [1.807, 2.05) is 12.1 Å². The summed E-state index contributed by atoms with van der Waals surface area (Å²) in [5, 5.41) is 19.8. The Morgan fingerprint density at radius 3 is 2.20 bits per heavy atom. The lowest BCUT2D eigenvalue weighted by molar-refractivity contribution is 0.0508. The van der Waals surface area contributed by atoms with Gasteiger partial charge >= 0.3 is 0 Å². The zero-order valence-electron chi connectivity index (χ0n) is 12.8. The second kappa shape index (κ2) is 6.25. The minimum absolute atomic E-state index is 0.145. The molecular formula is C17H27NO2. The average molecular weight is 277 g/mol. The van der Waals surface area contributed by atoms with Gasteiger partial charge in [0.2, 0.25) is 0 Å². The van der Waals surface area contributed by atoms with Crippen molar-refractivity contribution in [2.45, 2.75) is 51.2 Å². The van der Waals surface area contributed by atoms with E-state index >= 15 is 0 Å². The summed E-state index contributed by atoms with van der Waals surface area (Å²) in [4.78, 5) is 2.23. The van der Waals surface area contributed by atoms with Crippen molar-refractivity contribution < 1.29 is 10.2 Å². The monoisotopic (exact) mass is 277 g/mol. The van der Waals surface area contributed by atoms with Crippen LogP contribution in [-0.2, 0) is 5.41 Å². The number of rotatable bonds is 3. The van der Waals surface area contributed by atoms with Crippen molar-refractivity contribution in [3.05, 3.63) is 35.4 Å². The normalized spacial score (nSPS) is 20.1. The predicted octanol–water partition coefficient (Wildman–Crippen LogP) is 2.47. The van der Waals surface area contributed by atoms with Gasteiger partial charge in [-0.3, -0.25) is 0 Å². The molecule has 2 rings (SSSR count). The number of nitrogens with zero attached hydrogens (tertiary/aromatic N) is 1. The molecule has 1 heterocycles. The fraction of sp³-hybridized carbons (Fsp3) is 0.647. The lowest BCUT2D eigenvalue weighted by Crippen LogP contribution is -2.38. The van der Waals surface area contributed by atoms with Crippen molar-refractivity contribution in [2.75, 3.05) is 19.6 Å². The Bertz CT molecular complexity index is 414. The molecule has 1 aliphatic heterocycles. The fourth-order valence-corrected chi connectivity index (χ4v) is 2.66. The first-order chi connectivity index (χ1) is 9.36. The summed E-state index contributed by atoms with van der Waals surface area (Å²) < 4.78 is 0. The number of hydrogen-bond acceptors (Lipinski definition) is 3. The van der Waals surface area contributed by atoms with Gasteiger partial charge in [0.15, 0.2) is 0 Å². The highest BCUT2D eigenvalue weighted by atomic mass is 16.3. The minimum Gasteiger partial charge on any atom is -0.393 e. The maximum Gasteiger partial charge on any atom is 0.0916 e. The topological polar surface area (TPSA) is 43.7 Å². The van der Waals surface area contributed by atoms with Crippen molar-refractivity contribution >= 4 is 0 Å². The molecule has 3 nitrogen and oxygen atoms in total. The van der Waals surface area contributed by atoms with Crippen molar-refractivity contribution in [1.29, 1.82) is 0 Å². The van der Waals surface area contributed by atoms with Crippen LogP contribution in [0.25, 0.3) is 0 Å². The summed E-state index contributed by atoms with van der Waals surface area (Å²) in [5.41, 5.74) is 2.41. The molecule has 0 aromatic heterocycles. The van der Waals surface area contributed by atoms with E-state index in [-0.39, 0.29) is 11.5 Å². The second-order valence-corrected chi connectivity index (χ2v) is 6.92. The van der Waals surface area contributed by atoms with Gasteiger partial charge in [-0.1, -0.05) is 45.0 Å². The third-order valence-corrected chi connectivity index (χ3v) is 4.15. The van der Waals surface area contributed by atoms with Gasteiger partial charge < -0.3 is 15.1 Å². The molecule has 1 unspecified atom stereocenters. The SMILES string of the molecule is CC(C)(C)c1ccc(C(O)CN2CCC(O)CC2)cc1. The van der Waals surface area contributed by atoms with Crippen LogP contribution in [0.5, 0.6) is 0 Å². The molecule has 1 aliphatic rings. The summed E-state index contributed by atoms with van der Waals surface area (Å²) in [6.45, 7) is 8.98. The van der Waals surface area contributed by atoms with E-state index in [1.165, 1.54) is 5.56 Å². The molecule has 3 heteroatoms. The minimum atomic E-state index is -0.445. The number of benzene rings is 1. The van der Waals surface area contributed by atoms with Crippen LogP contribution >= 0.6 is 0 Å². The standard InChI is InChI=1S/C17H27NO2/c1-17(2,3)14-6-4-13(5-7-14)16(20)12-18-10-8-15(19)9-11-18/h4-7,15-16,19-20H,8-12H2,1-3H3. The Hall–Kier alpha value is -0.900. The van der Waals surface area contributed by atoms with E-state index in [0.717, 1.165) is 31.5 Å². The highest BCUT2D eigenvalue weighted by Crippen LogP contribution is 2.24. The molecule has 20 heavy (non-hydrogen) atoms. The summed E-state index contributed by atoms with van der Waals surface area (Å²) in [6.07, 6.45) is 1.03. The van der Waals surface area contributed by atoms with Crippen LogP contribution in [0.3, 0.4) is 0 Å². The smallest absolute Gasteiger partial charge is 0.0916 e. The van der Waals surface area contributed by atoms with E-state index < -0.39 is 6.10 Å². The first kappa shape index (κ1) is 15.5. The van der Waals surface area contributed by atoms with Crippen LogP contribution in [0.1, 0.15) is 50.8 Å². The molecular weight excluding hydrogens is 250 g/mol. The van der Waals surface area contributed by atoms with Crippen LogP contribution in [0.15, 0.2) is 24.3 Å². The van der Waals surface area contributed by atoms with Crippen LogP contribution in [-0.4, -0.2) is 40.9 Å². The van der Waals surface area contributed by atoms with E-state index in [2.05, 4.69) is 37.8 Å². The quantitative estimate of drug-likeness (QED) is 0.892. The molecule has 112 valence electrons. The first-order valence-corrected chi connectivity index (χ1v) is 7.55. The molecule has 1 fully saturated rings. The molecule has 1 saturated heterocycles. The molecule has 0 radical (unpaired) electrons. The second-order valence-electron chi connectivity index (χ2n) is 6.92. The van der Waals surface area contributed by atoms with Crippen molar-refractivity contribution in [2.24, 2.45) is 0 Å². The number of piperidine rings is 1. The van der Waals surface area contributed by atoms with Gasteiger partial charge in [0.05, 0.1) is 12.2 Å². The lowest BCUT2D eigenvalue weighted by atomic mass is 9.86. The Morgan fingerprint density at radius 2 is 1.70 bits per heavy atom. The summed E-state index contributed by atoms with van der Waals surface area (Å²) in [5.74, 6) is 0. The largest absolute Gasteiger partial charge is 0.393 e. The molecule has 0 saturated carbocycles. The summed E-state index contributed by atoms with van der Waals surface area (Å²) in [7, 11) is 0. The predicted molar refractivity (Wildman–Crippen MR) is 81.8 cm³/mol. The number of likely N-dealkylation sites (tertiary alicyclic amines) is 1. The van der Waals surface area contributed by atoms with Crippen molar-refractivity contribution in [3.8, 4) is 0 Å². The Morgan fingerprint density at radius 1 is 1.15 bits per heavy atom. The van der Waals surface area contributed by atoms with E-state index in [4.69, 9.17) is 0 Å². The zero-order chi connectivity index (χ0) is 14.8. The Balaban J connectivity index is 1.94.